The largest absolute Gasteiger partial charge is 0.339 e. The summed E-state index contributed by atoms with van der Waals surface area (Å²) < 4.78 is 33.4. The van der Waals surface area contributed by atoms with Gasteiger partial charge in [-0.15, -0.1) is 11.3 Å². The van der Waals surface area contributed by atoms with E-state index in [9.17, 15) is 13.2 Å². The molecule has 1 aromatic carbocycles. The predicted octanol–water partition coefficient (Wildman–Crippen LogP) is 3.35. The Kier molecular flexibility index (Phi) is 6.28. The van der Waals surface area contributed by atoms with E-state index in [1.807, 2.05) is 13.0 Å². The maximum Gasteiger partial charge on any atom is 0.242 e. The SMILES string of the molecule is CCc1nc(-c2cc(S(=O)(=O)NCC(=O)Nc3cccc(Br)c3)c(C)s2)no1. The molecule has 0 atom stereocenters. The summed E-state index contributed by atoms with van der Waals surface area (Å²) in [5.41, 5.74) is 0.566. The van der Waals surface area contributed by atoms with E-state index >= 15 is 0 Å². The van der Waals surface area contributed by atoms with Gasteiger partial charge in [0.05, 0.1) is 16.3 Å². The molecule has 11 heteroatoms. The van der Waals surface area contributed by atoms with E-state index in [4.69, 9.17) is 4.52 Å². The summed E-state index contributed by atoms with van der Waals surface area (Å²) >= 11 is 4.56. The quantitative estimate of drug-likeness (QED) is 0.531. The number of carbonyl (C=O) groups excluding carboxylic acids is 1. The van der Waals surface area contributed by atoms with Crippen molar-refractivity contribution in [3.63, 3.8) is 0 Å². The number of carbonyl (C=O) groups is 1. The first-order chi connectivity index (χ1) is 13.3. The van der Waals surface area contributed by atoms with Crippen LogP contribution in [0.2, 0.25) is 0 Å². The fourth-order valence-corrected chi connectivity index (χ4v) is 5.25. The van der Waals surface area contributed by atoms with E-state index in [1.54, 1.807) is 25.1 Å². The van der Waals surface area contributed by atoms with Crippen LogP contribution in [0.1, 0.15) is 17.7 Å². The van der Waals surface area contributed by atoms with Crippen molar-refractivity contribution in [2.75, 3.05) is 11.9 Å². The zero-order chi connectivity index (χ0) is 20.3. The van der Waals surface area contributed by atoms with Gasteiger partial charge in [0.15, 0.2) is 0 Å². The van der Waals surface area contributed by atoms with Crippen LogP contribution in [-0.4, -0.2) is 31.0 Å². The smallest absolute Gasteiger partial charge is 0.242 e. The first kappa shape index (κ1) is 20.6. The second kappa shape index (κ2) is 8.52. The molecule has 0 saturated heterocycles. The van der Waals surface area contributed by atoms with Crippen LogP contribution in [0.25, 0.3) is 10.7 Å². The number of aromatic nitrogens is 2. The number of nitrogens with zero attached hydrogens (tertiary/aromatic N) is 2. The number of benzene rings is 1. The lowest BCUT2D eigenvalue weighted by Crippen LogP contribution is -2.33. The Morgan fingerprint density at radius 2 is 2.11 bits per heavy atom. The summed E-state index contributed by atoms with van der Waals surface area (Å²) in [6.07, 6.45) is 0.594. The minimum Gasteiger partial charge on any atom is -0.339 e. The van der Waals surface area contributed by atoms with Gasteiger partial charge in [0.25, 0.3) is 0 Å². The third-order valence-corrected chi connectivity index (χ3v) is 6.88. The highest BCUT2D eigenvalue weighted by Gasteiger charge is 2.23. The van der Waals surface area contributed by atoms with E-state index in [2.05, 4.69) is 36.1 Å². The molecule has 0 unspecified atom stereocenters. The van der Waals surface area contributed by atoms with Gasteiger partial charge in [0.1, 0.15) is 0 Å². The van der Waals surface area contributed by atoms with Crippen molar-refractivity contribution in [3.8, 4) is 10.7 Å². The van der Waals surface area contributed by atoms with E-state index in [1.165, 1.54) is 17.4 Å². The summed E-state index contributed by atoms with van der Waals surface area (Å²) in [6, 6.07) is 8.50. The lowest BCUT2D eigenvalue weighted by Gasteiger charge is -2.08. The maximum atomic E-state index is 12.6. The molecule has 0 bridgehead atoms. The van der Waals surface area contributed by atoms with Crippen LogP contribution >= 0.6 is 27.3 Å². The highest BCUT2D eigenvalue weighted by Crippen LogP contribution is 2.32. The van der Waals surface area contributed by atoms with Crippen LogP contribution in [-0.2, 0) is 21.2 Å². The van der Waals surface area contributed by atoms with Gasteiger partial charge >= 0.3 is 0 Å². The average Bonchev–Trinajstić information content (AvgIpc) is 3.27. The third-order valence-electron chi connectivity index (χ3n) is 3.68. The first-order valence-corrected chi connectivity index (χ1v) is 11.4. The zero-order valence-corrected chi connectivity index (χ0v) is 18.2. The summed E-state index contributed by atoms with van der Waals surface area (Å²) in [7, 11) is -3.87. The molecule has 0 spiro atoms. The third kappa shape index (κ3) is 4.85. The fraction of sp³-hybridized carbons (Fsp3) is 0.235. The number of aryl methyl sites for hydroxylation is 2. The van der Waals surface area contributed by atoms with Crippen LogP contribution in [0.15, 0.2) is 44.2 Å². The summed E-state index contributed by atoms with van der Waals surface area (Å²) in [5, 5.41) is 6.50. The van der Waals surface area contributed by atoms with E-state index in [0.717, 1.165) is 4.47 Å². The Bertz CT molecular complexity index is 1110. The van der Waals surface area contributed by atoms with Gasteiger partial charge < -0.3 is 9.84 Å². The molecule has 1 amide bonds. The molecule has 0 saturated carbocycles. The Morgan fingerprint density at radius 1 is 1.32 bits per heavy atom. The fourth-order valence-electron chi connectivity index (χ4n) is 2.35. The lowest BCUT2D eigenvalue weighted by molar-refractivity contribution is -0.115. The number of amides is 1. The van der Waals surface area contributed by atoms with Crippen molar-refractivity contribution in [1.29, 1.82) is 0 Å². The van der Waals surface area contributed by atoms with Crippen molar-refractivity contribution in [2.45, 2.75) is 25.2 Å². The number of hydrogen-bond donors (Lipinski definition) is 2. The van der Waals surface area contributed by atoms with Crippen LogP contribution < -0.4 is 10.0 Å². The molecule has 148 valence electrons. The molecule has 8 nitrogen and oxygen atoms in total. The molecule has 0 aliphatic heterocycles. The molecule has 3 rings (SSSR count). The lowest BCUT2D eigenvalue weighted by atomic mass is 10.3. The van der Waals surface area contributed by atoms with Crippen LogP contribution in [0.5, 0.6) is 0 Å². The minimum atomic E-state index is -3.87. The van der Waals surface area contributed by atoms with Gasteiger partial charge in [-0.3, -0.25) is 4.79 Å². The topological polar surface area (TPSA) is 114 Å². The standard InChI is InChI=1S/C17H17BrN4O4S2/c1-3-16-21-17(22-26-16)13-8-14(10(2)27-13)28(24,25)19-9-15(23)20-12-6-4-5-11(18)7-12/h4-8,19H,3,9H2,1-2H3,(H,20,23). The molecular weight excluding hydrogens is 468 g/mol. The zero-order valence-electron chi connectivity index (χ0n) is 15.0. The first-order valence-electron chi connectivity index (χ1n) is 8.27. The van der Waals surface area contributed by atoms with Gasteiger partial charge in [-0.05, 0) is 31.2 Å². The number of hydrogen-bond acceptors (Lipinski definition) is 7. The second-order valence-corrected chi connectivity index (χ2v) is 9.69. The Hall–Kier alpha value is -2.08. The Morgan fingerprint density at radius 3 is 2.79 bits per heavy atom. The number of sulfonamides is 1. The Balaban J connectivity index is 1.69. The number of thiophene rings is 1. The highest BCUT2D eigenvalue weighted by molar-refractivity contribution is 9.10. The van der Waals surface area contributed by atoms with Crippen LogP contribution in [0.4, 0.5) is 5.69 Å². The van der Waals surface area contributed by atoms with Crippen molar-refractivity contribution in [2.24, 2.45) is 0 Å². The molecule has 2 heterocycles. The average molecular weight is 485 g/mol. The molecule has 0 aliphatic carbocycles. The summed E-state index contributed by atoms with van der Waals surface area (Å²) in [6.45, 7) is 3.18. The number of anilines is 1. The van der Waals surface area contributed by atoms with Gasteiger partial charge in [-0.1, -0.05) is 34.1 Å². The van der Waals surface area contributed by atoms with E-state index in [-0.39, 0.29) is 11.4 Å². The van der Waals surface area contributed by atoms with Gasteiger partial charge in [0, 0.05) is 21.5 Å². The molecule has 0 radical (unpaired) electrons. The van der Waals surface area contributed by atoms with Crippen molar-refractivity contribution < 1.29 is 17.7 Å². The van der Waals surface area contributed by atoms with E-state index in [0.29, 0.717) is 33.6 Å². The van der Waals surface area contributed by atoms with Crippen LogP contribution in [0.3, 0.4) is 0 Å². The predicted molar refractivity (Wildman–Crippen MR) is 110 cm³/mol. The van der Waals surface area contributed by atoms with Crippen molar-refractivity contribution in [1.82, 2.24) is 14.9 Å². The van der Waals surface area contributed by atoms with E-state index < -0.39 is 15.9 Å². The molecule has 2 aromatic heterocycles. The minimum absolute atomic E-state index is 0.0885. The maximum absolute atomic E-state index is 12.6. The Labute approximate surface area is 174 Å². The number of nitrogens with one attached hydrogen (secondary N) is 2. The van der Waals surface area contributed by atoms with Crippen molar-refractivity contribution >= 4 is 48.9 Å². The molecular formula is C17H17BrN4O4S2. The summed E-state index contributed by atoms with van der Waals surface area (Å²) in [5.74, 6) is 0.354. The number of rotatable bonds is 7. The summed E-state index contributed by atoms with van der Waals surface area (Å²) in [4.78, 5) is 17.5. The second-order valence-electron chi connectivity index (χ2n) is 5.78. The number of halogens is 1. The van der Waals surface area contributed by atoms with Gasteiger partial charge in [0.2, 0.25) is 27.6 Å². The normalized spacial score (nSPS) is 11.5. The molecule has 3 aromatic rings. The van der Waals surface area contributed by atoms with Gasteiger partial charge in [-0.25, -0.2) is 13.1 Å². The molecule has 28 heavy (non-hydrogen) atoms. The van der Waals surface area contributed by atoms with Crippen LogP contribution in [0, 0.1) is 6.92 Å². The molecule has 0 fully saturated rings. The monoisotopic (exact) mass is 484 g/mol. The van der Waals surface area contributed by atoms with Crippen molar-refractivity contribution in [3.05, 3.63) is 45.6 Å². The molecule has 0 aliphatic rings. The van der Waals surface area contributed by atoms with Gasteiger partial charge in [-0.2, -0.15) is 4.98 Å². The highest BCUT2D eigenvalue weighted by atomic mass is 79.9. The molecule has 2 N–H and O–H groups in total.